The summed E-state index contributed by atoms with van der Waals surface area (Å²) in [5.74, 6) is 0.00602. The number of carboxylic acid groups (broad SMARTS) is 1. The van der Waals surface area contributed by atoms with Crippen LogP contribution in [-0.2, 0) is 0 Å². The summed E-state index contributed by atoms with van der Waals surface area (Å²) in [6.45, 7) is 2.83. The lowest BCUT2D eigenvalue weighted by Crippen LogP contribution is -2.58. The van der Waals surface area contributed by atoms with Gasteiger partial charge in [0.05, 0.1) is 11.7 Å². The Hall–Kier alpha value is -2.44. The molecule has 4 heterocycles. The van der Waals surface area contributed by atoms with E-state index in [1.807, 2.05) is 29.6 Å². The minimum absolute atomic E-state index is 0.0888. The van der Waals surface area contributed by atoms with E-state index in [1.165, 1.54) is 17.0 Å². The zero-order valence-corrected chi connectivity index (χ0v) is 16.2. The molecule has 3 aliphatic rings. The van der Waals surface area contributed by atoms with Crippen LogP contribution >= 0.6 is 11.3 Å². The van der Waals surface area contributed by atoms with E-state index in [4.69, 9.17) is 0 Å². The molecule has 6 heteroatoms. The van der Waals surface area contributed by atoms with Crippen LogP contribution in [0.3, 0.4) is 0 Å². The lowest BCUT2D eigenvalue weighted by atomic mass is 9.82. The highest BCUT2D eigenvalue weighted by Gasteiger charge is 2.40. The molecule has 0 spiro atoms. The first-order valence-corrected chi connectivity index (χ1v) is 10.5. The molecule has 3 aliphatic heterocycles. The Morgan fingerprint density at radius 2 is 1.93 bits per heavy atom. The predicted molar refractivity (Wildman–Crippen MR) is 111 cm³/mol. The van der Waals surface area contributed by atoms with Crippen molar-refractivity contribution in [2.45, 2.75) is 18.9 Å². The summed E-state index contributed by atoms with van der Waals surface area (Å²) in [7, 11) is 0. The maximum Gasteiger partial charge on any atom is 0.412 e. The van der Waals surface area contributed by atoms with Gasteiger partial charge < -0.3 is 10.0 Å². The Morgan fingerprint density at radius 1 is 1.14 bits per heavy atom. The molecule has 6 rings (SSSR count). The number of halogens is 1. The molecule has 144 valence electrons. The standard InChI is InChI=1S/C22H21FN2O2S/c23-15-5-6-19(17(11-15)18-13-28-21-4-2-1-3-16(18)21)25(22(26)27)20-12-24-9-7-14(20)8-10-24/h1-6,11,13-14,20H,7-10,12H2,(H,26,27). The van der Waals surface area contributed by atoms with E-state index >= 15 is 0 Å². The number of amides is 1. The minimum atomic E-state index is -0.967. The third-order valence-corrected chi connectivity index (χ3v) is 7.11. The molecule has 1 amide bonds. The molecule has 28 heavy (non-hydrogen) atoms. The zero-order chi connectivity index (χ0) is 19.3. The maximum absolute atomic E-state index is 14.2. The lowest BCUT2D eigenvalue weighted by molar-refractivity contribution is 0.0837. The lowest BCUT2D eigenvalue weighted by Gasteiger charge is -2.48. The number of hydrogen-bond acceptors (Lipinski definition) is 3. The van der Waals surface area contributed by atoms with Gasteiger partial charge in [0.2, 0.25) is 0 Å². The van der Waals surface area contributed by atoms with Crippen LogP contribution in [0.5, 0.6) is 0 Å². The number of nitrogens with zero attached hydrogens (tertiary/aromatic N) is 2. The van der Waals surface area contributed by atoms with Crippen LogP contribution in [0.4, 0.5) is 14.9 Å². The van der Waals surface area contributed by atoms with Crippen LogP contribution in [-0.4, -0.2) is 41.8 Å². The molecular weight excluding hydrogens is 375 g/mol. The third-order valence-electron chi connectivity index (χ3n) is 6.15. The van der Waals surface area contributed by atoms with Gasteiger partial charge in [-0.1, -0.05) is 18.2 Å². The number of benzene rings is 2. The number of thiophene rings is 1. The molecule has 2 aromatic carbocycles. The van der Waals surface area contributed by atoms with Crippen molar-refractivity contribution in [3.63, 3.8) is 0 Å². The molecule has 3 aromatic rings. The molecule has 4 nitrogen and oxygen atoms in total. The first-order chi connectivity index (χ1) is 13.6. The number of piperidine rings is 3. The van der Waals surface area contributed by atoms with Gasteiger partial charge in [-0.05, 0) is 61.5 Å². The summed E-state index contributed by atoms with van der Waals surface area (Å²) in [4.78, 5) is 16.2. The number of rotatable bonds is 3. The molecular formula is C22H21FN2O2S. The van der Waals surface area contributed by atoms with Crippen molar-refractivity contribution in [3.8, 4) is 11.1 Å². The Bertz CT molecular complexity index is 1040. The van der Waals surface area contributed by atoms with Gasteiger partial charge >= 0.3 is 6.09 Å². The minimum Gasteiger partial charge on any atom is -0.465 e. The van der Waals surface area contributed by atoms with Crippen LogP contribution in [0.2, 0.25) is 0 Å². The Labute approximate surface area is 166 Å². The SMILES string of the molecule is O=C(O)N(c1ccc(F)cc1-c1csc2ccccc12)C1CN2CCC1CC2. The number of anilines is 1. The monoisotopic (exact) mass is 396 g/mol. The van der Waals surface area contributed by atoms with Crippen molar-refractivity contribution in [1.82, 2.24) is 4.90 Å². The van der Waals surface area contributed by atoms with Gasteiger partial charge in [-0.25, -0.2) is 9.18 Å². The summed E-state index contributed by atoms with van der Waals surface area (Å²) >= 11 is 1.59. The smallest absolute Gasteiger partial charge is 0.412 e. The van der Waals surface area contributed by atoms with Gasteiger partial charge in [0.25, 0.3) is 0 Å². The van der Waals surface area contributed by atoms with E-state index in [2.05, 4.69) is 4.90 Å². The van der Waals surface area contributed by atoms with Gasteiger partial charge in [-0.3, -0.25) is 4.90 Å². The van der Waals surface area contributed by atoms with E-state index in [1.54, 1.807) is 17.4 Å². The summed E-state index contributed by atoms with van der Waals surface area (Å²) in [6.07, 6.45) is 1.07. The predicted octanol–water partition coefficient (Wildman–Crippen LogP) is 5.29. The first-order valence-electron chi connectivity index (χ1n) is 9.62. The van der Waals surface area contributed by atoms with Crippen LogP contribution in [0, 0.1) is 11.7 Å². The van der Waals surface area contributed by atoms with E-state index in [-0.39, 0.29) is 11.9 Å². The topological polar surface area (TPSA) is 43.8 Å². The zero-order valence-electron chi connectivity index (χ0n) is 15.3. The Morgan fingerprint density at radius 3 is 2.64 bits per heavy atom. The fourth-order valence-electron chi connectivity index (χ4n) is 4.77. The van der Waals surface area contributed by atoms with Crippen molar-refractivity contribution in [3.05, 3.63) is 53.7 Å². The summed E-state index contributed by atoms with van der Waals surface area (Å²) in [5.41, 5.74) is 2.12. The fraction of sp³-hybridized carbons (Fsp3) is 0.318. The number of fused-ring (bicyclic) bond motifs is 4. The average molecular weight is 396 g/mol. The van der Waals surface area contributed by atoms with Crippen molar-refractivity contribution in [2.75, 3.05) is 24.5 Å². The van der Waals surface area contributed by atoms with Crippen molar-refractivity contribution in [2.24, 2.45) is 5.92 Å². The second-order valence-electron chi connectivity index (χ2n) is 7.66. The summed E-state index contributed by atoms with van der Waals surface area (Å²) < 4.78 is 15.3. The highest BCUT2D eigenvalue weighted by atomic mass is 32.1. The largest absolute Gasteiger partial charge is 0.465 e. The van der Waals surface area contributed by atoms with E-state index in [0.29, 0.717) is 17.2 Å². The molecule has 0 aliphatic carbocycles. The molecule has 1 unspecified atom stereocenters. The number of carbonyl (C=O) groups is 1. The second-order valence-corrected chi connectivity index (χ2v) is 8.58. The Kier molecular flexibility index (Phi) is 4.33. The van der Waals surface area contributed by atoms with Gasteiger partial charge in [0, 0.05) is 27.8 Å². The van der Waals surface area contributed by atoms with Crippen molar-refractivity contribution < 1.29 is 14.3 Å². The molecule has 1 N–H and O–H groups in total. The fourth-order valence-corrected chi connectivity index (χ4v) is 5.73. The highest BCUT2D eigenvalue weighted by molar-refractivity contribution is 7.17. The van der Waals surface area contributed by atoms with Gasteiger partial charge in [-0.15, -0.1) is 11.3 Å². The number of hydrogen-bond donors (Lipinski definition) is 1. The molecule has 0 radical (unpaired) electrons. The molecule has 1 atom stereocenters. The van der Waals surface area contributed by atoms with Crippen molar-refractivity contribution in [1.29, 1.82) is 0 Å². The van der Waals surface area contributed by atoms with E-state index in [0.717, 1.165) is 48.1 Å². The summed E-state index contributed by atoms with van der Waals surface area (Å²) in [5, 5.41) is 13.2. The maximum atomic E-state index is 14.2. The molecule has 2 bridgehead atoms. The average Bonchev–Trinajstić information content (AvgIpc) is 3.14. The highest BCUT2D eigenvalue weighted by Crippen LogP contribution is 2.42. The quantitative estimate of drug-likeness (QED) is 0.655. The normalized spacial score (nSPS) is 23.8. The van der Waals surface area contributed by atoms with Crippen LogP contribution in [0.25, 0.3) is 21.2 Å². The van der Waals surface area contributed by atoms with Crippen molar-refractivity contribution >= 4 is 33.2 Å². The van der Waals surface area contributed by atoms with Gasteiger partial charge in [-0.2, -0.15) is 0 Å². The van der Waals surface area contributed by atoms with Gasteiger partial charge in [0.1, 0.15) is 5.82 Å². The third kappa shape index (κ3) is 2.88. The van der Waals surface area contributed by atoms with Crippen LogP contribution < -0.4 is 4.90 Å². The Balaban J connectivity index is 1.66. The van der Waals surface area contributed by atoms with E-state index < -0.39 is 6.09 Å². The van der Waals surface area contributed by atoms with Crippen LogP contribution in [0.1, 0.15) is 12.8 Å². The van der Waals surface area contributed by atoms with Gasteiger partial charge in [0.15, 0.2) is 0 Å². The first kappa shape index (κ1) is 17.6. The van der Waals surface area contributed by atoms with Crippen LogP contribution in [0.15, 0.2) is 47.8 Å². The molecule has 0 saturated carbocycles. The molecule has 3 fully saturated rings. The molecule has 3 saturated heterocycles. The summed E-state index contributed by atoms with van der Waals surface area (Å²) in [6, 6.07) is 12.4. The van der Waals surface area contributed by atoms with E-state index in [9.17, 15) is 14.3 Å². The second kappa shape index (κ2) is 6.87. The molecule has 1 aromatic heterocycles.